The normalized spacial score (nSPS) is 21.3. The molecule has 1 atom stereocenters. The molecule has 5 heteroatoms. The highest BCUT2D eigenvalue weighted by Gasteiger charge is 2.44. The summed E-state index contributed by atoms with van der Waals surface area (Å²) >= 11 is 0. The van der Waals surface area contributed by atoms with Crippen LogP contribution in [-0.2, 0) is 9.53 Å². The lowest BCUT2D eigenvalue weighted by molar-refractivity contribution is -0.143. The minimum Gasteiger partial charge on any atom is -0.480 e. The van der Waals surface area contributed by atoms with Gasteiger partial charge in [-0.2, -0.15) is 0 Å². The summed E-state index contributed by atoms with van der Waals surface area (Å²) < 4.78 is 5.22. The second kappa shape index (κ2) is 6.24. The van der Waals surface area contributed by atoms with Crippen molar-refractivity contribution in [2.75, 3.05) is 0 Å². The number of alkyl carbamates (subject to hydrolysis) is 1. The van der Waals surface area contributed by atoms with Crippen LogP contribution in [0.1, 0.15) is 59.3 Å². The zero-order chi connectivity index (χ0) is 15.6. The van der Waals surface area contributed by atoms with Crippen molar-refractivity contribution in [3.8, 4) is 0 Å². The fourth-order valence-corrected chi connectivity index (χ4v) is 3.34. The Kier molecular flexibility index (Phi) is 4.79. The number of carbonyl (C=O) groups is 2. The van der Waals surface area contributed by atoms with Gasteiger partial charge in [-0.25, -0.2) is 9.59 Å². The standard InChI is InChI=1S/C16H27NO4/c1-16(2,3)21-15(20)17-13(14(18)19)12(10-6-4-7-10)11-8-5-9-11/h10-13H,4-9H2,1-3H3,(H,17,20)(H,18,19). The first-order valence-corrected chi connectivity index (χ1v) is 8.00. The Bertz CT molecular complexity index is 380. The van der Waals surface area contributed by atoms with Gasteiger partial charge in [-0.3, -0.25) is 0 Å². The monoisotopic (exact) mass is 297 g/mol. The lowest BCUT2D eigenvalue weighted by atomic mass is 9.62. The molecule has 120 valence electrons. The number of hydrogen-bond acceptors (Lipinski definition) is 3. The van der Waals surface area contributed by atoms with Crippen LogP contribution in [0.2, 0.25) is 0 Å². The molecule has 21 heavy (non-hydrogen) atoms. The van der Waals surface area contributed by atoms with Crippen molar-refractivity contribution < 1.29 is 19.4 Å². The first-order chi connectivity index (χ1) is 9.78. The smallest absolute Gasteiger partial charge is 0.408 e. The van der Waals surface area contributed by atoms with E-state index in [-0.39, 0.29) is 5.92 Å². The Morgan fingerprint density at radius 3 is 1.86 bits per heavy atom. The van der Waals surface area contributed by atoms with Crippen LogP contribution in [0.5, 0.6) is 0 Å². The Labute approximate surface area is 126 Å². The second-order valence-electron chi connectivity index (χ2n) is 7.42. The van der Waals surface area contributed by atoms with Gasteiger partial charge in [0.15, 0.2) is 0 Å². The highest BCUT2D eigenvalue weighted by atomic mass is 16.6. The molecule has 0 aromatic rings. The first-order valence-electron chi connectivity index (χ1n) is 8.00. The van der Waals surface area contributed by atoms with Gasteiger partial charge >= 0.3 is 12.1 Å². The molecule has 2 N–H and O–H groups in total. The van der Waals surface area contributed by atoms with Crippen LogP contribution in [-0.4, -0.2) is 28.8 Å². The largest absolute Gasteiger partial charge is 0.480 e. The molecule has 2 saturated carbocycles. The summed E-state index contributed by atoms with van der Waals surface area (Å²) in [6.07, 6.45) is 6.06. The lowest BCUT2D eigenvalue weighted by Crippen LogP contribution is -2.53. The van der Waals surface area contributed by atoms with E-state index < -0.39 is 23.7 Å². The number of carboxylic acid groups (broad SMARTS) is 1. The van der Waals surface area contributed by atoms with Crippen molar-refractivity contribution in [2.45, 2.75) is 70.9 Å². The van der Waals surface area contributed by atoms with Crippen LogP contribution in [0, 0.1) is 17.8 Å². The van der Waals surface area contributed by atoms with Crippen LogP contribution < -0.4 is 5.32 Å². The summed E-state index contributed by atoms with van der Waals surface area (Å²) in [6, 6.07) is -0.824. The van der Waals surface area contributed by atoms with Gasteiger partial charge in [0.2, 0.25) is 0 Å². The van der Waals surface area contributed by atoms with E-state index in [1.807, 2.05) is 0 Å². The third-order valence-electron chi connectivity index (χ3n) is 4.71. The van der Waals surface area contributed by atoms with Crippen molar-refractivity contribution in [3.05, 3.63) is 0 Å². The van der Waals surface area contributed by atoms with E-state index in [0.29, 0.717) is 11.8 Å². The van der Waals surface area contributed by atoms with Gasteiger partial charge in [0.1, 0.15) is 11.6 Å². The van der Waals surface area contributed by atoms with Crippen LogP contribution in [0.25, 0.3) is 0 Å². The summed E-state index contributed by atoms with van der Waals surface area (Å²) in [6.45, 7) is 5.33. The fourth-order valence-electron chi connectivity index (χ4n) is 3.34. The van der Waals surface area contributed by atoms with Gasteiger partial charge in [-0.05, 0) is 38.5 Å². The average Bonchev–Trinajstić information content (AvgIpc) is 2.16. The number of ether oxygens (including phenoxy) is 1. The van der Waals surface area contributed by atoms with Gasteiger partial charge in [-0.1, -0.05) is 38.5 Å². The Hall–Kier alpha value is -1.26. The fraction of sp³-hybridized carbons (Fsp3) is 0.875. The van der Waals surface area contributed by atoms with Gasteiger partial charge in [0.05, 0.1) is 0 Å². The third kappa shape index (κ3) is 4.11. The van der Waals surface area contributed by atoms with E-state index >= 15 is 0 Å². The van der Waals surface area contributed by atoms with Gasteiger partial charge in [-0.15, -0.1) is 0 Å². The quantitative estimate of drug-likeness (QED) is 0.817. The molecular formula is C16H27NO4. The van der Waals surface area contributed by atoms with Crippen molar-refractivity contribution in [2.24, 2.45) is 17.8 Å². The van der Waals surface area contributed by atoms with Crippen molar-refractivity contribution in [3.63, 3.8) is 0 Å². The summed E-state index contributed by atoms with van der Waals surface area (Å²) in [5.74, 6) is -0.0140. The molecule has 0 radical (unpaired) electrons. The molecule has 0 spiro atoms. The molecule has 1 amide bonds. The minimum atomic E-state index is -0.940. The Morgan fingerprint density at radius 2 is 1.57 bits per heavy atom. The maximum Gasteiger partial charge on any atom is 0.408 e. The molecule has 0 aromatic carbocycles. The summed E-state index contributed by atoms with van der Waals surface area (Å²) in [7, 11) is 0. The number of rotatable bonds is 5. The molecular weight excluding hydrogens is 270 g/mol. The number of carboxylic acids is 1. The van der Waals surface area contributed by atoms with Crippen molar-refractivity contribution in [1.82, 2.24) is 5.32 Å². The predicted octanol–water partition coefficient (Wildman–Crippen LogP) is 3.18. The van der Waals surface area contributed by atoms with E-state index in [0.717, 1.165) is 25.7 Å². The van der Waals surface area contributed by atoms with Crippen molar-refractivity contribution in [1.29, 1.82) is 0 Å². The molecule has 0 bridgehead atoms. The summed E-state index contributed by atoms with van der Waals surface area (Å²) in [4.78, 5) is 23.6. The maximum absolute atomic E-state index is 11.9. The average molecular weight is 297 g/mol. The third-order valence-corrected chi connectivity index (χ3v) is 4.71. The molecule has 2 fully saturated rings. The van der Waals surface area contributed by atoms with E-state index in [1.54, 1.807) is 20.8 Å². The first kappa shape index (κ1) is 16.1. The number of hydrogen-bond donors (Lipinski definition) is 2. The van der Waals surface area contributed by atoms with E-state index in [9.17, 15) is 14.7 Å². The molecule has 0 saturated heterocycles. The SMILES string of the molecule is CC(C)(C)OC(=O)NC(C(=O)O)C(C1CCC1)C1CCC1. The highest BCUT2D eigenvalue weighted by Crippen LogP contribution is 2.46. The van der Waals surface area contributed by atoms with E-state index in [2.05, 4.69) is 5.32 Å². The minimum absolute atomic E-state index is 0.0533. The molecule has 0 aliphatic heterocycles. The summed E-state index contributed by atoms with van der Waals surface area (Å²) in [5.41, 5.74) is -0.616. The molecule has 5 nitrogen and oxygen atoms in total. The molecule has 0 aromatic heterocycles. The number of aliphatic carboxylic acids is 1. The zero-order valence-electron chi connectivity index (χ0n) is 13.2. The van der Waals surface area contributed by atoms with Gasteiger partial charge in [0.25, 0.3) is 0 Å². The predicted molar refractivity (Wildman–Crippen MR) is 79.0 cm³/mol. The van der Waals surface area contributed by atoms with Crippen LogP contribution >= 0.6 is 0 Å². The molecule has 2 rings (SSSR count). The molecule has 0 heterocycles. The maximum atomic E-state index is 11.9. The lowest BCUT2D eigenvalue weighted by Gasteiger charge is -2.45. The molecule has 2 aliphatic rings. The number of nitrogens with one attached hydrogen (secondary N) is 1. The van der Waals surface area contributed by atoms with Crippen LogP contribution in [0.15, 0.2) is 0 Å². The number of carbonyl (C=O) groups excluding carboxylic acids is 1. The van der Waals surface area contributed by atoms with Crippen molar-refractivity contribution >= 4 is 12.1 Å². The molecule has 1 unspecified atom stereocenters. The molecule has 2 aliphatic carbocycles. The topological polar surface area (TPSA) is 75.6 Å². The number of amides is 1. The summed E-state index contributed by atoms with van der Waals surface area (Å²) in [5, 5.41) is 12.2. The zero-order valence-corrected chi connectivity index (χ0v) is 13.2. The second-order valence-corrected chi connectivity index (χ2v) is 7.42. The van der Waals surface area contributed by atoms with Gasteiger partial charge < -0.3 is 15.2 Å². The van der Waals surface area contributed by atoms with Crippen LogP contribution in [0.3, 0.4) is 0 Å². The highest BCUT2D eigenvalue weighted by molar-refractivity contribution is 5.80. The van der Waals surface area contributed by atoms with Crippen LogP contribution in [0.4, 0.5) is 4.79 Å². The Balaban J connectivity index is 2.04. The Morgan fingerprint density at radius 1 is 1.10 bits per heavy atom. The van der Waals surface area contributed by atoms with Gasteiger partial charge in [0, 0.05) is 0 Å². The van der Waals surface area contributed by atoms with E-state index in [1.165, 1.54) is 12.8 Å². The van der Waals surface area contributed by atoms with E-state index in [4.69, 9.17) is 4.74 Å².